The SMILES string of the molecule is C=CC(O)(c1ccccc1)C(COc1ccccc1)CN(C)C. The topological polar surface area (TPSA) is 32.7 Å². The Morgan fingerprint density at radius 2 is 1.65 bits per heavy atom. The average Bonchev–Trinajstić information content (AvgIpc) is 2.59. The Hall–Kier alpha value is -2.10. The predicted octanol–water partition coefficient (Wildman–Crippen LogP) is 3.32. The van der Waals surface area contributed by atoms with Gasteiger partial charge in [0.2, 0.25) is 0 Å². The number of aliphatic hydroxyl groups is 1. The molecule has 3 heteroatoms. The molecule has 1 N–H and O–H groups in total. The van der Waals surface area contributed by atoms with Crippen LogP contribution in [0.25, 0.3) is 0 Å². The highest BCUT2D eigenvalue weighted by Crippen LogP contribution is 2.32. The van der Waals surface area contributed by atoms with Crippen LogP contribution in [-0.4, -0.2) is 37.3 Å². The number of hydrogen-bond acceptors (Lipinski definition) is 3. The molecule has 0 radical (unpaired) electrons. The van der Waals surface area contributed by atoms with Gasteiger partial charge in [0.15, 0.2) is 0 Å². The number of nitrogens with zero attached hydrogens (tertiary/aromatic N) is 1. The Labute approximate surface area is 138 Å². The first-order chi connectivity index (χ1) is 11.1. The summed E-state index contributed by atoms with van der Waals surface area (Å²) in [6, 6.07) is 19.3. The summed E-state index contributed by atoms with van der Waals surface area (Å²) in [7, 11) is 3.98. The van der Waals surface area contributed by atoms with Crippen LogP contribution in [0.15, 0.2) is 73.3 Å². The van der Waals surface area contributed by atoms with Crippen LogP contribution < -0.4 is 4.74 Å². The van der Waals surface area contributed by atoms with E-state index in [1.807, 2.05) is 74.8 Å². The van der Waals surface area contributed by atoms with Crippen molar-refractivity contribution in [2.24, 2.45) is 5.92 Å². The molecular formula is C20H25NO2. The van der Waals surface area contributed by atoms with Gasteiger partial charge in [0.25, 0.3) is 0 Å². The van der Waals surface area contributed by atoms with Crippen molar-refractivity contribution in [1.29, 1.82) is 0 Å². The van der Waals surface area contributed by atoms with Gasteiger partial charge in [0.1, 0.15) is 11.4 Å². The van der Waals surface area contributed by atoms with Crippen molar-refractivity contribution in [3.63, 3.8) is 0 Å². The number of rotatable bonds is 8. The number of ether oxygens (including phenoxy) is 1. The molecule has 0 fully saturated rings. The summed E-state index contributed by atoms with van der Waals surface area (Å²) in [5.74, 6) is 0.660. The summed E-state index contributed by atoms with van der Waals surface area (Å²) in [5.41, 5.74) is -0.307. The van der Waals surface area contributed by atoms with E-state index in [0.29, 0.717) is 13.2 Å². The summed E-state index contributed by atoms with van der Waals surface area (Å²) in [6.45, 7) is 4.96. The zero-order valence-electron chi connectivity index (χ0n) is 13.9. The highest BCUT2D eigenvalue weighted by Gasteiger charge is 2.36. The zero-order chi connectivity index (χ0) is 16.7. The van der Waals surface area contributed by atoms with E-state index in [0.717, 1.165) is 11.3 Å². The molecule has 0 saturated carbocycles. The lowest BCUT2D eigenvalue weighted by Gasteiger charge is -2.35. The van der Waals surface area contributed by atoms with Gasteiger partial charge in [-0.05, 0) is 31.8 Å². The maximum atomic E-state index is 11.3. The van der Waals surface area contributed by atoms with E-state index in [1.165, 1.54) is 0 Å². The van der Waals surface area contributed by atoms with Crippen molar-refractivity contribution >= 4 is 0 Å². The minimum atomic E-state index is -1.14. The van der Waals surface area contributed by atoms with Gasteiger partial charge in [-0.15, -0.1) is 0 Å². The Morgan fingerprint density at radius 3 is 2.17 bits per heavy atom. The van der Waals surface area contributed by atoms with Gasteiger partial charge in [0.05, 0.1) is 6.61 Å². The maximum Gasteiger partial charge on any atom is 0.119 e. The van der Waals surface area contributed by atoms with Crippen molar-refractivity contribution < 1.29 is 9.84 Å². The molecule has 0 aliphatic heterocycles. The molecule has 0 bridgehead atoms. The van der Waals surface area contributed by atoms with E-state index < -0.39 is 5.60 Å². The van der Waals surface area contributed by atoms with Crippen LogP contribution in [0.1, 0.15) is 5.56 Å². The van der Waals surface area contributed by atoms with E-state index in [9.17, 15) is 5.11 Å². The lowest BCUT2D eigenvalue weighted by atomic mass is 9.81. The molecule has 0 spiro atoms. The van der Waals surface area contributed by atoms with Gasteiger partial charge in [0, 0.05) is 12.5 Å². The Balaban J connectivity index is 2.23. The van der Waals surface area contributed by atoms with E-state index in [-0.39, 0.29) is 5.92 Å². The monoisotopic (exact) mass is 311 g/mol. The van der Waals surface area contributed by atoms with Crippen molar-refractivity contribution in [2.75, 3.05) is 27.2 Å². The molecule has 2 rings (SSSR count). The van der Waals surface area contributed by atoms with Gasteiger partial charge >= 0.3 is 0 Å². The molecule has 0 saturated heterocycles. The van der Waals surface area contributed by atoms with Crippen LogP contribution in [0.3, 0.4) is 0 Å². The quantitative estimate of drug-likeness (QED) is 0.759. The Morgan fingerprint density at radius 1 is 1.09 bits per heavy atom. The first-order valence-electron chi connectivity index (χ1n) is 7.80. The van der Waals surface area contributed by atoms with E-state index in [1.54, 1.807) is 6.08 Å². The van der Waals surface area contributed by atoms with Crippen LogP contribution in [-0.2, 0) is 5.60 Å². The molecule has 23 heavy (non-hydrogen) atoms. The summed E-state index contributed by atoms with van der Waals surface area (Å²) in [6.07, 6.45) is 1.62. The highest BCUT2D eigenvalue weighted by molar-refractivity contribution is 5.28. The maximum absolute atomic E-state index is 11.3. The van der Waals surface area contributed by atoms with Crippen molar-refractivity contribution in [2.45, 2.75) is 5.60 Å². The van der Waals surface area contributed by atoms with Crippen LogP contribution in [0.5, 0.6) is 5.75 Å². The minimum Gasteiger partial charge on any atom is -0.493 e. The average molecular weight is 311 g/mol. The second-order valence-electron chi connectivity index (χ2n) is 5.98. The van der Waals surface area contributed by atoms with Crippen LogP contribution >= 0.6 is 0 Å². The fourth-order valence-electron chi connectivity index (χ4n) is 2.70. The lowest BCUT2D eigenvalue weighted by molar-refractivity contribution is -0.00854. The predicted molar refractivity (Wildman–Crippen MR) is 94.5 cm³/mol. The van der Waals surface area contributed by atoms with Crippen LogP contribution in [0.4, 0.5) is 0 Å². The highest BCUT2D eigenvalue weighted by atomic mass is 16.5. The van der Waals surface area contributed by atoms with Crippen LogP contribution in [0, 0.1) is 5.92 Å². The molecule has 2 aromatic carbocycles. The standard InChI is InChI=1S/C20H25NO2/c1-4-20(22,17-11-7-5-8-12-17)18(15-21(2)3)16-23-19-13-9-6-10-14-19/h4-14,18,22H,1,15-16H2,2-3H3. The molecular weight excluding hydrogens is 286 g/mol. The first-order valence-corrected chi connectivity index (χ1v) is 7.80. The van der Waals surface area contributed by atoms with Crippen molar-refractivity contribution in [3.05, 3.63) is 78.9 Å². The minimum absolute atomic E-state index is 0.141. The molecule has 0 aliphatic carbocycles. The summed E-state index contributed by atoms with van der Waals surface area (Å²) in [4.78, 5) is 2.05. The molecule has 122 valence electrons. The first kappa shape index (κ1) is 17.3. The fourth-order valence-corrected chi connectivity index (χ4v) is 2.70. The molecule has 2 unspecified atom stereocenters. The summed E-state index contributed by atoms with van der Waals surface area (Å²) < 4.78 is 5.90. The lowest BCUT2D eigenvalue weighted by Crippen LogP contribution is -2.42. The van der Waals surface area contributed by atoms with E-state index in [4.69, 9.17) is 4.74 Å². The third-order valence-electron chi connectivity index (χ3n) is 3.95. The molecule has 0 heterocycles. The summed E-state index contributed by atoms with van der Waals surface area (Å²) in [5, 5.41) is 11.3. The summed E-state index contributed by atoms with van der Waals surface area (Å²) >= 11 is 0. The Kier molecular flexibility index (Phi) is 5.97. The number of para-hydroxylation sites is 1. The molecule has 0 amide bonds. The third kappa shape index (κ3) is 4.44. The second-order valence-corrected chi connectivity index (χ2v) is 5.98. The van der Waals surface area contributed by atoms with Crippen LogP contribution in [0.2, 0.25) is 0 Å². The van der Waals surface area contributed by atoms with Gasteiger partial charge in [-0.1, -0.05) is 61.2 Å². The second kappa shape index (κ2) is 7.95. The fraction of sp³-hybridized carbons (Fsp3) is 0.300. The molecule has 3 nitrogen and oxygen atoms in total. The normalized spacial score (nSPS) is 15.0. The largest absolute Gasteiger partial charge is 0.493 e. The van der Waals surface area contributed by atoms with Gasteiger partial charge in [-0.3, -0.25) is 0 Å². The van der Waals surface area contributed by atoms with E-state index in [2.05, 4.69) is 11.5 Å². The Bertz CT molecular complexity index is 598. The number of benzene rings is 2. The van der Waals surface area contributed by atoms with E-state index >= 15 is 0 Å². The molecule has 0 aromatic heterocycles. The smallest absolute Gasteiger partial charge is 0.119 e. The van der Waals surface area contributed by atoms with Crippen molar-refractivity contribution in [3.8, 4) is 5.75 Å². The third-order valence-corrected chi connectivity index (χ3v) is 3.95. The number of hydrogen-bond donors (Lipinski definition) is 1. The van der Waals surface area contributed by atoms with Crippen molar-refractivity contribution in [1.82, 2.24) is 4.90 Å². The molecule has 2 aromatic rings. The molecule has 2 atom stereocenters. The zero-order valence-corrected chi connectivity index (χ0v) is 13.9. The molecule has 0 aliphatic rings. The van der Waals surface area contributed by atoms with Gasteiger partial charge < -0.3 is 14.7 Å². The van der Waals surface area contributed by atoms with Gasteiger partial charge in [-0.2, -0.15) is 0 Å². The van der Waals surface area contributed by atoms with Gasteiger partial charge in [-0.25, -0.2) is 0 Å².